The average molecular weight is 529 g/mol. The minimum atomic E-state index is -3.13. The first kappa shape index (κ1) is 29.4. The molecule has 0 unspecified atom stereocenters. The molecule has 0 atom stereocenters. The van der Waals surface area contributed by atoms with Crippen molar-refractivity contribution in [2.45, 2.75) is 96.3 Å². The first-order chi connectivity index (χ1) is 17.8. The van der Waals surface area contributed by atoms with Crippen molar-refractivity contribution >= 4 is 0 Å². The van der Waals surface area contributed by atoms with Crippen molar-refractivity contribution in [3.8, 4) is 16.9 Å². The summed E-state index contributed by atoms with van der Waals surface area (Å²) in [5.41, 5.74) is 1.20. The molecule has 0 aromatic heterocycles. The van der Waals surface area contributed by atoms with Crippen molar-refractivity contribution < 1.29 is 31.1 Å². The van der Waals surface area contributed by atoms with E-state index in [-0.39, 0.29) is 23.7 Å². The van der Waals surface area contributed by atoms with Crippen LogP contribution in [0.25, 0.3) is 11.1 Å². The maximum Gasteiger partial charge on any atom is 0.387 e. The number of hydrogen-bond acceptors (Lipinski definition) is 1. The molecule has 206 valence electrons. The summed E-state index contributed by atoms with van der Waals surface area (Å²) in [6.07, 6.45) is 10.3. The zero-order valence-corrected chi connectivity index (χ0v) is 21.5. The van der Waals surface area contributed by atoms with Crippen LogP contribution in [0.2, 0.25) is 0 Å². The van der Waals surface area contributed by atoms with Crippen LogP contribution in [0.5, 0.6) is 5.75 Å². The average Bonchev–Trinajstić information content (AvgIpc) is 2.87. The molecular formula is C30H38F6O. The van der Waals surface area contributed by atoms with Gasteiger partial charge in [-0.2, -0.15) is 8.78 Å². The lowest BCUT2D eigenvalue weighted by Crippen LogP contribution is -2.14. The molecule has 2 fully saturated rings. The van der Waals surface area contributed by atoms with E-state index >= 15 is 0 Å². The summed E-state index contributed by atoms with van der Waals surface area (Å²) in [7, 11) is 0. The molecule has 2 aliphatic carbocycles. The molecule has 2 aromatic rings. The van der Waals surface area contributed by atoms with Gasteiger partial charge in [-0.15, -0.1) is 0 Å². The van der Waals surface area contributed by atoms with Crippen molar-refractivity contribution in [1.82, 2.24) is 0 Å². The second-order valence-electron chi connectivity index (χ2n) is 10.4. The molecule has 7 heteroatoms. The summed E-state index contributed by atoms with van der Waals surface area (Å²) in [6.45, 7) is -0.979. The summed E-state index contributed by atoms with van der Waals surface area (Å²) < 4.78 is 81.9. The Bertz CT molecular complexity index is 935. The lowest BCUT2D eigenvalue weighted by Gasteiger charge is -2.27. The maximum absolute atomic E-state index is 14.5. The normalized spacial score (nSPS) is 23.9. The van der Waals surface area contributed by atoms with Crippen LogP contribution in [0.15, 0.2) is 36.4 Å². The molecule has 2 aromatic carbocycles. The Morgan fingerprint density at radius 1 is 0.811 bits per heavy atom. The molecule has 0 spiro atoms. The Morgan fingerprint density at radius 2 is 1.46 bits per heavy atom. The van der Waals surface area contributed by atoms with Crippen LogP contribution in [-0.4, -0.2) is 19.5 Å². The number of benzene rings is 2. The number of hydrogen-bond donors (Lipinski definition) is 0. The van der Waals surface area contributed by atoms with Gasteiger partial charge in [0.25, 0.3) is 0 Å². The third-order valence-corrected chi connectivity index (χ3v) is 7.76. The highest BCUT2D eigenvalue weighted by atomic mass is 19.3. The third-order valence-electron chi connectivity index (χ3n) is 7.76. The Morgan fingerprint density at radius 3 is 2.00 bits per heavy atom. The molecule has 0 aliphatic heterocycles. The van der Waals surface area contributed by atoms with Crippen molar-refractivity contribution in [2.24, 2.45) is 11.8 Å². The van der Waals surface area contributed by atoms with E-state index in [0.29, 0.717) is 31.6 Å². The Labute approximate surface area is 216 Å². The second kappa shape index (κ2) is 14.7. The van der Waals surface area contributed by atoms with Gasteiger partial charge in [0.05, 0.1) is 6.67 Å². The fourth-order valence-electron chi connectivity index (χ4n) is 5.64. The largest absolute Gasteiger partial charge is 0.432 e. The maximum atomic E-state index is 14.5. The van der Waals surface area contributed by atoms with E-state index in [0.717, 1.165) is 30.0 Å². The van der Waals surface area contributed by atoms with Crippen LogP contribution in [0, 0.1) is 23.5 Å². The van der Waals surface area contributed by atoms with E-state index in [4.69, 9.17) is 0 Å². The molecule has 0 bridgehead atoms. The van der Waals surface area contributed by atoms with Gasteiger partial charge in [0.2, 0.25) is 0 Å². The summed E-state index contributed by atoms with van der Waals surface area (Å²) in [4.78, 5) is 0. The molecule has 4 rings (SSSR count). The smallest absolute Gasteiger partial charge is 0.387 e. The van der Waals surface area contributed by atoms with Gasteiger partial charge < -0.3 is 4.74 Å². The van der Waals surface area contributed by atoms with Gasteiger partial charge in [0, 0.05) is 5.56 Å². The highest BCUT2D eigenvalue weighted by molar-refractivity contribution is 5.65. The molecule has 0 N–H and O–H groups in total. The van der Waals surface area contributed by atoms with E-state index < -0.39 is 30.2 Å². The van der Waals surface area contributed by atoms with E-state index in [1.807, 2.05) is 0 Å². The molecule has 1 nitrogen and oxygen atoms in total. The first-order valence-electron chi connectivity index (χ1n) is 13.5. The van der Waals surface area contributed by atoms with Crippen molar-refractivity contribution in [3.05, 3.63) is 53.6 Å². The monoisotopic (exact) mass is 528 g/mol. The van der Waals surface area contributed by atoms with Crippen LogP contribution >= 0.6 is 0 Å². The fourth-order valence-corrected chi connectivity index (χ4v) is 5.64. The molecular weight excluding hydrogens is 490 g/mol. The summed E-state index contributed by atoms with van der Waals surface area (Å²) in [6, 6.07) is 8.02. The van der Waals surface area contributed by atoms with Crippen LogP contribution in [0.4, 0.5) is 26.3 Å². The Hall–Kier alpha value is -2.18. The van der Waals surface area contributed by atoms with E-state index in [1.165, 1.54) is 56.7 Å². The lowest BCUT2D eigenvalue weighted by atomic mass is 9.79. The van der Waals surface area contributed by atoms with E-state index in [1.54, 1.807) is 6.07 Å². The van der Waals surface area contributed by atoms with Crippen LogP contribution in [-0.2, 0) is 0 Å². The quantitative estimate of drug-likeness (QED) is 0.310. The van der Waals surface area contributed by atoms with Crippen molar-refractivity contribution in [3.63, 3.8) is 0 Å². The highest BCUT2D eigenvalue weighted by Crippen LogP contribution is 2.36. The van der Waals surface area contributed by atoms with Gasteiger partial charge in [-0.1, -0.05) is 63.6 Å². The van der Waals surface area contributed by atoms with E-state index in [9.17, 15) is 26.3 Å². The molecule has 0 amide bonds. The minimum absolute atomic E-state index is 0.108. The van der Waals surface area contributed by atoms with Gasteiger partial charge >= 0.3 is 6.61 Å². The Balaban J connectivity index is 0.000000266. The fraction of sp³-hybridized carbons (Fsp3) is 0.600. The standard InChI is InChI=1S/C19H17F5O.C11H21F/c20-14-5-1-11(2-6-14)12-3-7-15(16(21)9-12)13-4-8-18(17(22)10-13)25-19(23)24;1-2-3-10-4-6-11(7-5-10)8-9-12/h3-4,7-11,14,19H,1-2,5-6H2;10-11H,2-9H2,1H3. The van der Waals surface area contributed by atoms with Crippen molar-refractivity contribution in [2.75, 3.05) is 6.67 Å². The first-order valence-corrected chi connectivity index (χ1v) is 13.5. The molecule has 2 aliphatic rings. The highest BCUT2D eigenvalue weighted by Gasteiger charge is 2.23. The Kier molecular flexibility index (Phi) is 11.7. The second-order valence-corrected chi connectivity index (χ2v) is 10.4. The summed E-state index contributed by atoms with van der Waals surface area (Å²) >= 11 is 0. The van der Waals surface area contributed by atoms with Gasteiger partial charge in [-0.25, -0.2) is 13.2 Å². The zero-order valence-electron chi connectivity index (χ0n) is 21.5. The molecule has 0 radical (unpaired) electrons. The zero-order chi connectivity index (χ0) is 26.8. The number of ether oxygens (including phenoxy) is 1. The third kappa shape index (κ3) is 8.96. The number of rotatable bonds is 8. The van der Waals surface area contributed by atoms with E-state index in [2.05, 4.69) is 11.7 Å². The van der Waals surface area contributed by atoms with Gasteiger partial charge in [0.1, 0.15) is 12.0 Å². The number of alkyl halides is 4. The van der Waals surface area contributed by atoms with Crippen LogP contribution in [0.3, 0.4) is 0 Å². The predicted molar refractivity (Wildman–Crippen MR) is 135 cm³/mol. The molecule has 0 heterocycles. The van der Waals surface area contributed by atoms with Gasteiger partial charge in [-0.05, 0) is 79.2 Å². The SMILES string of the molecule is CCCC1CCC(CCF)CC1.Fc1cc(-c2ccc(C3CCC(F)CC3)cc2F)ccc1OC(F)F. The summed E-state index contributed by atoms with van der Waals surface area (Å²) in [5, 5.41) is 0. The molecule has 0 saturated heterocycles. The lowest BCUT2D eigenvalue weighted by molar-refractivity contribution is -0.0521. The molecule has 2 saturated carbocycles. The van der Waals surface area contributed by atoms with Crippen LogP contribution < -0.4 is 4.74 Å². The number of halogens is 6. The van der Waals surface area contributed by atoms with Gasteiger partial charge in [0.15, 0.2) is 11.6 Å². The minimum Gasteiger partial charge on any atom is -0.432 e. The molecule has 37 heavy (non-hydrogen) atoms. The predicted octanol–water partition coefficient (Wildman–Crippen LogP) is 10.2. The summed E-state index contributed by atoms with van der Waals surface area (Å²) in [5.74, 6) is -0.300. The van der Waals surface area contributed by atoms with Crippen LogP contribution in [0.1, 0.15) is 89.0 Å². The van der Waals surface area contributed by atoms with Crippen molar-refractivity contribution in [1.29, 1.82) is 0 Å². The van der Waals surface area contributed by atoms with Gasteiger partial charge in [-0.3, -0.25) is 4.39 Å². The topological polar surface area (TPSA) is 9.23 Å².